The number of carbonyl (C=O) groups is 2. The second kappa shape index (κ2) is 6.76. The van der Waals surface area contributed by atoms with E-state index in [-0.39, 0.29) is 19.1 Å². The number of aliphatic carboxylic acids is 1. The molecule has 0 aliphatic heterocycles. The van der Waals surface area contributed by atoms with Gasteiger partial charge in [-0.25, -0.2) is 4.79 Å². The van der Waals surface area contributed by atoms with Gasteiger partial charge in [0, 0.05) is 12.1 Å². The highest BCUT2D eigenvalue weighted by molar-refractivity contribution is 5.95. The number of hydrogen-bond acceptors (Lipinski definition) is 3. The van der Waals surface area contributed by atoms with Crippen LogP contribution in [0.4, 0.5) is 0 Å². The largest absolute Gasteiger partial charge is 0.480 e. The molecule has 1 rings (SSSR count). The van der Waals surface area contributed by atoms with Crippen LogP contribution in [0.1, 0.15) is 21.5 Å². The van der Waals surface area contributed by atoms with Gasteiger partial charge in [0.2, 0.25) is 0 Å². The van der Waals surface area contributed by atoms with Gasteiger partial charge in [0.05, 0.1) is 6.61 Å². The summed E-state index contributed by atoms with van der Waals surface area (Å²) < 4.78 is 4.82. The van der Waals surface area contributed by atoms with Crippen LogP contribution in [-0.2, 0) is 9.53 Å². The molecule has 0 spiro atoms. The molecule has 0 fully saturated rings. The highest BCUT2D eigenvalue weighted by Crippen LogP contribution is 2.10. The van der Waals surface area contributed by atoms with Gasteiger partial charge in [-0.2, -0.15) is 0 Å². The summed E-state index contributed by atoms with van der Waals surface area (Å²) in [7, 11) is 0. The normalized spacial score (nSPS) is 10.1. The predicted octanol–water partition coefficient (Wildman–Crippen LogP) is 1.13. The Hall–Kier alpha value is -1.88. The van der Waals surface area contributed by atoms with Crippen LogP contribution in [0.15, 0.2) is 18.2 Å². The van der Waals surface area contributed by atoms with Gasteiger partial charge in [-0.15, -0.1) is 0 Å². The topological polar surface area (TPSA) is 75.6 Å². The first-order valence-corrected chi connectivity index (χ1v) is 5.65. The highest BCUT2D eigenvalue weighted by atomic mass is 16.5. The summed E-state index contributed by atoms with van der Waals surface area (Å²) in [6, 6.07) is 5.66. The Bertz CT molecular complexity index is 443. The first kappa shape index (κ1) is 14.2. The van der Waals surface area contributed by atoms with E-state index in [1.165, 1.54) is 0 Å². The van der Waals surface area contributed by atoms with E-state index in [0.717, 1.165) is 11.1 Å². The fraction of sp³-hybridized carbons (Fsp3) is 0.385. The molecular weight excluding hydrogens is 234 g/mol. The van der Waals surface area contributed by atoms with E-state index in [2.05, 4.69) is 5.32 Å². The average Bonchev–Trinajstić information content (AvgIpc) is 2.31. The smallest absolute Gasteiger partial charge is 0.329 e. The van der Waals surface area contributed by atoms with Crippen molar-refractivity contribution in [1.29, 1.82) is 0 Å². The van der Waals surface area contributed by atoms with E-state index in [1.807, 2.05) is 32.0 Å². The quantitative estimate of drug-likeness (QED) is 0.743. The molecule has 2 N–H and O–H groups in total. The molecule has 0 unspecified atom stereocenters. The number of amides is 1. The molecule has 0 bridgehead atoms. The molecule has 0 heterocycles. The lowest BCUT2D eigenvalue weighted by Crippen LogP contribution is -2.28. The van der Waals surface area contributed by atoms with Crippen LogP contribution >= 0.6 is 0 Å². The SMILES string of the molecule is Cc1ccc(C)c(C(=O)NCCOCC(=O)O)c1. The van der Waals surface area contributed by atoms with E-state index in [4.69, 9.17) is 9.84 Å². The molecule has 1 aromatic rings. The van der Waals surface area contributed by atoms with Crippen molar-refractivity contribution >= 4 is 11.9 Å². The molecule has 1 aromatic carbocycles. The van der Waals surface area contributed by atoms with Crippen molar-refractivity contribution in [2.24, 2.45) is 0 Å². The highest BCUT2D eigenvalue weighted by Gasteiger charge is 2.08. The van der Waals surface area contributed by atoms with E-state index in [0.29, 0.717) is 12.1 Å². The summed E-state index contributed by atoms with van der Waals surface area (Å²) >= 11 is 0. The fourth-order valence-corrected chi connectivity index (χ4v) is 1.47. The van der Waals surface area contributed by atoms with E-state index >= 15 is 0 Å². The second-order valence-corrected chi connectivity index (χ2v) is 4.02. The Labute approximate surface area is 106 Å². The Morgan fingerprint density at radius 3 is 2.72 bits per heavy atom. The number of carboxylic acid groups (broad SMARTS) is 1. The van der Waals surface area contributed by atoms with E-state index in [9.17, 15) is 9.59 Å². The van der Waals surface area contributed by atoms with Crippen molar-refractivity contribution in [2.75, 3.05) is 19.8 Å². The third kappa shape index (κ3) is 4.55. The molecular formula is C13H17NO4. The van der Waals surface area contributed by atoms with Gasteiger partial charge in [0.25, 0.3) is 5.91 Å². The maximum absolute atomic E-state index is 11.8. The van der Waals surface area contributed by atoms with Gasteiger partial charge < -0.3 is 15.2 Å². The number of carboxylic acids is 1. The molecule has 0 atom stereocenters. The van der Waals surface area contributed by atoms with Crippen molar-refractivity contribution in [3.63, 3.8) is 0 Å². The van der Waals surface area contributed by atoms with Crippen molar-refractivity contribution in [1.82, 2.24) is 5.32 Å². The Morgan fingerprint density at radius 2 is 2.06 bits per heavy atom. The standard InChI is InChI=1S/C13H17NO4/c1-9-3-4-10(2)11(7-9)13(17)14-5-6-18-8-12(15)16/h3-4,7H,5-6,8H2,1-2H3,(H,14,17)(H,15,16). The van der Waals surface area contributed by atoms with Crippen molar-refractivity contribution in [3.8, 4) is 0 Å². The molecule has 0 saturated carbocycles. The van der Waals surface area contributed by atoms with Crippen molar-refractivity contribution in [3.05, 3.63) is 34.9 Å². The van der Waals surface area contributed by atoms with E-state index in [1.54, 1.807) is 0 Å². The van der Waals surface area contributed by atoms with Crippen LogP contribution in [0.3, 0.4) is 0 Å². The number of benzene rings is 1. The number of nitrogens with one attached hydrogen (secondary N) is 1. The first-order valence-electron chi connectivity index (χ1n) is 5.65. The van der Waals surface area contributed by atoms with Gasteiger partial charge in [-0.1, -0.05) is 17.7 Å². The monoisotopic (exact) mass is 251 g/mol. The zero-order valence-electron chi connectivity index (χ0n) is 10.5. The second-order valence-electron chi connectivity index (χ2n) is 4.02. The molecule has 1 amide bonds. The average molecular weight is 251 g/mol. The summed E-state index contributed by atoms with van der Waals surface area (Å²) in [4.78, 5) is 22.0. The summed E-state index contributed by atoms with van der Waals surface area (Å²) in [5.74, 6) is -1.19. The van der Waals surface area contributed by atoms with Gasteiger partial charge in [-0.05, 0) is 25.5 Å². The lowest BCUT2D eigenvalue weighted by atomic mass is 10.1. The molecule has 0 aromatic heterocycles. The molecule has 5 nitrogen and oxygen atoms in total. The molecule has 18 heavy (non-hydrogen) atoms. The van der Waals surface area contributed by atoms with Crippen LogP contribution in [0.5, 0.6) is 0 Å². The fourth-order valence-electron chi connectivity index (χ4n) is 1.47. The predicted molar refractivity (Wildman–Crippen MR) is 66.7 cm³/mol. The number of hydrogen-bond donors (Lipinski definition) is 2. The Kier molecular flexibility index (Phi) is 5.32. The van der Waals surface area contributed by atoms with Crippen molar-refractivity contribution in [2.45, 2.75) is 13.8 Å². The van der Waals surface area contributed by atoms with Gasteiger partial charge in [0.1, 0.15) is 6.61 Å². The van der Waals surface area contributed by atoms with Crippen LogP contribution in [0.25, 0.3) is 0 Å². The maximum Gasteiger partial charge on any atom is 0.329 e. The number of aryl methyl sites for hydroxylation is 2. The summed E-state index contributed by atoms with van der Waals surface area (Å²) in [5, 5.41) is 11.0. The maximum atomic E-state index is 11.8. The lowest BCUT2D eigenvalue weighted by Gasteiger charge is -2.08. The number of rotatable bonds is 6. The van der Waals surface area contributed by atoms with Gasteiger partial charge in [0.15, 0.2) is 0 Å². The molecule has 0 radical (unpaired) electrons. The van der Waals surface area contributed by atoms with Crippen LogP contribution in [0.2, 0.25) is 0 Å². The van der Waals surface area contributed by atoms with Crippen molar-refractivity contribution < 1.29 is 19.4 Å². The summed E-state index contributed by atoms with van der Waals surface area (Å²) in [6.45, 7) is 3.92. The zero-order chi connectivity index (χ0) is 13.5. The van der Waals surface area contributed by atoms with Gasteiger partial charge in [-0.3, -0.25) is 4.79 Å². The Balaban J connectivity index is 2.41. The first-order chi connectivity index (χ1) is 8.50. The molecule has 5 heteroatoms. The zero-order valence-corrected chi connectivity index (χ0v) is 10.5. The van der Waals surface area contributed by atoms with Crippen LogP contribution < -0.4 is 5.32 Å². The summed E-state index contributed by atoms with van der Waals surface area (Å²) in [6.07, 6.45) is 0. The third-order valence-corrected chi connectivity index (χ3v) is 2.40. The molecule has 0 saturated heterocycles. The Morgan fingerprint density at radius 1 is 1.33 bits per heavy atom. The lowest BCUT2D eigenvalue weighted by molar-refractivity contribution is -0.142. The van der Waals surface area contributed by atoms with E-state index < -0.39 is 5.97 Å². The summed E-state index contributed by atoms with van der Waals surface area (Å²) in [5.41, 5.74) is 2.56. The minimum absolute atomic E-state index is 0.171. The van der Waals surface area contributed by atoms with Gasteiger partial charge >= 0.3 is 5.97 Å². The minimum Gasteiger partial charge on any atom is -0.480 e. The third-order valence-electron chi connectivity index (χ3n) is 2.40. The van der Waals surface area contributed by atoms with Crippen LogP contribution in [0, 0.1) is 13.8 Å². The number of ether oxygens (including phenoxy) is 1. The molecule has 0 aliphatic carbocycles. The minimum atomic E-state index is -1.02. The molecule has 0 aliphatic rings. The molecule has 98 valence electrons. The van der Waals surface area contributed by atoms with Crippen LogP contribution in [-0.4, -0.2) is 36.7 Å². The number of carbonyl (C=O) groups excluding carboxylic acids is 1.